The van der Waals surface area contributed by atoms with Gasteiger partial charge < -0.3 is 19.3 Å². The summed E-state index contributed by atoms with van der Waals surface area (Å²) in [6.45, 7) is 4.34. The Labute approximate surface area is 181 Å². The summed E-state index contributed by atoms with van der Waals surface area (Å²) in [5.41, 5.74) is 2.21. The molecule has 0 saturated carbocycles. The molecular weight excluding hydrogens is 400 g/mol. The molecular formula is C22H28N4O3S. The molecule has 160 valence electrons. The molecule has 8 heteroatoms. The van der Waals surface area contributed by atoms with Crippen LogP contribution in [-0.4, -0.2) is 76.4 Å². The normalized spacial score (nSPS) is 22.1. The molecule has 1 atom stereocenters. The average Bonchev–Trinajstić information content (AvgIpc) is 3.40. The molecule has 1 amide bonds. The van der Waals surface area contributed by atoms with Crippen LogP contribution in [0.5, 0.6) is 11.5 Å². The summed E-state index contributed by atoms with van der Waals surface area (Å²) in [7, 11) is 0. The van der Waals surface area contributed by atoms with Crippen LogP contribution in [0.1, 0.15) is 36.2 Å². The van der Waals surface area contributed by atoms with Gasteiger partial charge in [0.15, 0.2) is 11.5 Å². The molecule has 3 aliphatic heterocycles. The van der Waals surface area contributed by atoms with Crippen LogP contribution in [-0.2, 0) is 0 Å². The van der Waals surface area contributed by atoms with Gasteiger partial charge in [0.05, 0.1) is 11.7 Å². The Bertz CT molecular complexity index is 896. The largest absolute Gasteiger partial charge is 0.454 e. The van der Waals surface area contributed by atoms with Crippen LogP contribution in [0, 0.1) is 0 Å². The molecule has 2 aromatic rings. The summed E-state index contributed by atoms with van der Waals surface area (Å²) in [6, 6.07) is 7.85. The lowest BCUT2D eigenvalue weighted by Gasteiger charge is -2.35. The second-order valence-corrected chi connectivity index (χ2v) is 9.33. The van der Waals surface area contributed by atoms with Crippen LogP contribution >= 0.6 is 11.8 Å². The summed E-state index contributed by atoms with van der Waals surface area (Å²) >= 11 is 1.97. The number of thioether (sulfide) groups is 1. The second-order valence-electron chi connectivity index (χ2n) is 8.18. The molecule has 7 nitrogen and oxygen atoms in total. The summed E-state index contributed by atoms with van der Waals surface area (Å²) in [4.78, 5) is 18.0. The van der Waals surface area contributed by atoms with Crippen molar-refractivity contribution in [2.75, 3.05) is 44.5 Å². The molecule has 4 heterocycles. The van der Waals surface area contributed by atoms with Crippen molar-refractivity contribution in [2.45, 2.75) is 31.7 Å². The van der Waals surface area contributed by atoms with Crippen molar-refractivity contribution in [1.29, 1.82) is 0 Å². The number of carbonyl (C=O) groups is 1. The topological polar surface area (TPSA) is 70.7 Å². The molecule has 0 spiro atoms. The highest BCUT2D eigenvalue weighted by Gasteiger charge is 2.29. The van der Waals surface area contributed by atoms with E-state index in [1.807, 2.05) is 36.0 Å². The molecule has 1 aromatic carbocycles. The molecule has 0 radical (unpaired) electrons. The van der Waals surface area contributed by atoms with Gasteiger partial charge in [0.2, 0.25) is 6.79 Å². The van der Waals surface area contributed by atoms with Crippen LogP contribution < -0.4 is 9.47 Å². The van der Waals surface area contributed by atoms with E-state index in [1.54, 1.807) is 0 Å². The van der Waals surface area contributed by atoms with Gasteiger partial charge in [0.1, 0.15) is 5.69 Å². The average molecular weight is 429 g/mol. The van der Waals surface area contributed by atoms with Gasteiger partial charge in [0.25, 0.3) is 5.91 Å². The zero-order valence-corrected chi connectivity index (χ0v) is 18.0. The molecule has 3 aliphatic rings. The first kappa shape index (κ1) is 19.8. The van der Waals surface area contributed by atoms with Crippen molar-refractivity contribution in [1.82, 2.24) is 20.0 Å². The van der Waals surface area contributed by atoms with Gasteiger partial charge in [0, 0.05) is 24.4 Å². The highest BCUT2D eigenvalue weighted by molar-refractivity contribution is 7.99. The number of fused-ring (bicyclic) bond motifs is 1. The van der Waals surface area contributed by atoms with E-state index in [9.17, 15) is 4.79 Å². The molecule has 0 bridgehead atoms. The van der Waals surface area contributed by atoms with Crippen molar-refractivity contribution in [2.24, 2.45) is 0 Å². The number of hydrogen-bond donors (Lipinski definition) is 1. The minimum Gasteiger partial charge on any atom is -0.454 e. The lowest BCUT2D eigenvalue weighted by molar-refractivity contribution is 0.0639. The first-order valence-electron chi connectivity index (χ1n) is 10.8. The number of likely N-dealkylation sites (tertiary alicyclic amines) is 1. The van der Waals surface area contributed by atoms with Crippen LogP contribution in [0.4, 0.5) is 0 Å². The Hall–Kier alpha value is -2.19. The Morgan fingerprint density at radius 1 is 1.10 bits per heavy atom. The fourth-order valence-electron chi connectivity index (χ4n) is 4.48. The quantitative estimate of drug-likeness (QED) is 0.806. The third-order valence-electron chi connectivity index (χ3n) is 6.09. The SMILES string of the molecule is O=C(c1cc(-c2ccc3c(c2)OCO3)n[nH]1)N1CCCSCC1CN1CCCCC1. The second kappa shape index (κ2) is 8.89. The molecule has 5 rings (SSSR count). The van der Waals surface area contributed by atoms with Gasteiger partial charge >= 0.3 is 0 Å². The van der Waals surface area contributed by atoms with Crippen molar-refractivity contribution in [3.63, 3.8) is 0 Å². The number of carbonyl (C=O) groups excluding carboxylic acids is 1. The highest BCUT2D eigenvalue weighted by atomic mass is 32.2. The van der Waals surface area contributed by atoms with Gasteiger partial charge in [-0.2, -0.15) is 16.9 Å². The predicted octanol–water partition coefficient (Wildman–Crippen LogP) is 3.24. The summed E-state index contributed by atoms with van der Waals surface area (Å²) < 4.78 is 10.8. The van der Waals surface area contributed by atoms with Crippen LogP contribution in [0.2, 0.25) is 0 Å². The minimum absolute atomic E-state index is 0.0546. The number of nitrogens with zero attached hydrogens (tertiary/aromatic N) is 3. The fraction of sp³-hybridized carbons (Fsp3) is 0.545. The third-order valence-corrected chi connectivity index (χ3v) is 7.29. The summed E-state index contributed by atoms with van der Waals surface area (Å²) in [5.74, 6) is 3.64. The molecule has 0 aliphatic carbocycles. The predicted molar refractivity (Wildman–Crippen MR) is 117 cm³/mol. The van der Waals surface area contributed by atoms with Crippen molar-refractivity contribution >= 4 is 17.7 Å². The summed E-state index contributed by atoms with van der Waals surface area (Å²) in [6.07, 6.45) is 4.91. The van der Waals surface area contributed by atoms with E-state index in [-0.39, 0.29) is 18.7 Å². The van der Waals surface area contributed by atoms with Crippen LogP contribution in [0.25, 0.3) is 11.3 Å². The maximum absolute atomic E-state index is 13.4. The first-order valence-corrected chi connectivity index (χ1v) is 12.0. The smallest absolute Gasteiger partial charge is 0.272 e. The Morgan fingerprint density at radius 3 is 2.87 bits per heavy atom. The lowest BCUT2D eigenvalue weighted by atomic mass is 10.1. The van der Waals surface area contributed by atoms with Crippen molar-refractivity contribution in [3.8, 4) is 22.8 Å². The maximum atomic E-state index is 13.4. The molecule has 30 heavy (non-hydrogen) atoms. The number of nitrogens with one attached hydrogen (secondary N) is 1. The Kier molecular flexibility index (Phi) is 5.86. The molecule has 2 fully saturated rings. The third kappa shape index (κ3) is 4.16. The zero-order valence-electron chi connectivity index (χ0n) is 17.1. The Morgan fingerprint density at radius 2 is 1.97 bits per heavy atom. The monoisotopic (exact) mass is 428 g/mol. The fourth-order valence-corrected chi connectivity index (χ4v) is 5.53. The van der Waals surface area contributed by atoms with Gasteiger partial charge in [-0.15, -0.1) is 0 Å². The molecule has 1 aromatic heterocycles. The van der Waals surface area contributed by atoms with E-state index in [4.69, 9.17) is 9.47 Å². The number of amides is 1. The van der Waals surface area contributed by atoms with Gasteiger partial charge in [-0.1, -0.05) is 6.42 Å². The van der Waals surface area contributed by atoms with Gasteiger partial charge in [-0.3, -0.25) is 9.89 Å². The van der Waals surface area contributed by atoms with E-state index in [0.717, 1.165) is 66.9 Å². The maximum Gasteiger partial charge on any atom is 0.272 e. The van der Waals surface area contributed by atoms with Crippen LogP contribution in [0.3, 0.4) is 0 Å². The first-order chi connectivity index (χ1) is 14.8. The number of H-pyrrole nitrogens is 1. The van der Waals surface area contributed by atoms with Crippen molar-refractivity contribution in [3.05, 3.63) is 30.0 Å². The number of ether oxygens (including phenoxy) is 2. The standard InChI is InChI=1S/C22H28N4O3S/c27-22(26-9-4-10-30-14-17(26)13-25-7-2-1-3-8-25)19-12-18(23-24-19)16-5-6-20-21(11-16)29-15-28-20/h5-6,11-12,17H,1-4,7-10,13-15H2,(H,23,24). The van der Waals surface area contributed by atoms with E-state index in [2.05, 4.69) is 20.0 Å². The number of benzene rings is 1. The van der Waals surface area contributed by atoms with Gasteiger partial charge in [-0.05, 0) is 62.4 Å². The number of hydrogen-bond acceptors (Lipinski definition) is 6. The van der Waals surface area contributed by atoms with E-state index in [0.29, 0.717) is 5.69 Å². The number of aromatic amines is 1. The summed E-state index contributed by atoms with van der Waals surface area (Å²) in [5, 5.41) is 7.39. The van der Waals surface area contributed by atoms with E-state index < -0.39 is 0 Å². The number of aromatic nitrogens is 2. The molecule has 1 N–H and O–H groups in total. The highest BCUT2D eigenvalue weighted by Crippen LogP contribution is 2.35. The van der Waals surface area contributed by atoms with E-state index in [1.165, 1.54) is 19.3 Å². The van der Waals surface area contributed by atoms with Crippen LogP contribution in [0.15, 0.2) is 24.3 Å². The zero-order chi connectivity index (χ0) is 20.3. The molecule has 1 unspecified atom stereocenters. The number of piperidine rings is 1. The van der Waals surface area contributed by atoms with E-state index >= 15 is 0 Å². The molecule has 2 saturated heterocycles. The number of rotatable bonds is 4. The Balaban J connectivity index is 1.33. The lowest BCUT2D eigenvalue weighted by Crippen LogP contribution is -2.49. The van der Waals surface area contributed by atoms with Crippen molar-refractivity contribution < 1.29 is 14.3 Å². The minimum atomic E-state index is 0.0546. The van der Waals surface area contributed by atoms with Gasteiger partial charge in [-0.25, -0.2) is 0 Å².